The number of aliphatic hydroxyl groups is 1. The van der Waals surface area contributed by atoms with Crippen LogP contribution in [0.2, 0.25) is 0 Å². The van der Waals surface area contributed by atoms with E-state index in [4.69, 9.17) is 4.74 Å². The number of nitrogens with zero attached hydrogens (tertiary/aromatic N) is 1. The highest BCUT2D eigenvalue weighted by Crippen LogP contribution is 2.22. The van der Waals surface area contributed by atoms with Crippen molar-refractivity contribution in [2.24, 2.45) is 0 Å². The monoisotopic (exact) mass is 237 g/mol. The molecule has 0 aliphatic carbocycles. The quantitative estimate of drug-likeness (QED) is 0.825. The van der Waals surface area contributed by atoms with Gasteiger partial charge in [0.25, 0.3) is 0 Å². The summed E-state index contributed by atoms with van der Waals surface area (Å²) in [6, 6.07) is 7.73. The van der Waals surface area contributed by atoms with Crippen molar-refractivity contribution in [3.63, 3.8) is 0 Å². The molecule has 1 aromatic carbocycles. The minimum Gasteiger partial charge on any atom is -0.497 e. The van der Waals surface area contributed by atoms with Gasteiger partial charge in [0.05, 0.1) is 13.2 Å². The standard InChI is InChI=1S/C14H23NO2/c1-5-15(6-2)11(3)14(16)12-7-9-13(17-4)10-8-12/h7-11,14,16H,5-6H2,1-4H3/t11-,14+/m1/s1. The third-order valence-corrected chi connectivity index (χ3v) is 3.30. The highest BCUT2D eigenvalue weighted by Gasteiger charge is 2.20. The first-order chi connectivity index (χ1) is 8.13. The van der Waals surface area contributed by atoms with Crippen LogP contribution in [0.25, 0.3) is 0 Å². The first kappa shape index (κ1) is 14.0. The minimum atomic E-state index is -0.458. The smallest absolute Gasteiger partial charge is 0.118 e. The third kappa shape index (κ3) is 3.45. The van der Waals surface area contributed by atoms with Crippen molar-refractivity contribution in [3.05, 3.63) is 29.8 Å². The Kier molecular flexibility index (Phi) is 5.45. The van der Waals surface area contributed by atoms with Gasteiger partial charge in [-0.2, -0.15) is 0 Å². The van der Waals surface area contributed by atoms with Crippen molar-refractivity contribution < 1.29 is 9.84 Å². The van der Waals surface area contributed by atoms with Crippen LogP contribution < -0.4 is 4.74 Å². The van der Waals surface area contributed by atoms with Crippen LogP contribution in [0.1, 0.15) is 32.4 Å². The zero-order valence-electron chi connectivity index (χ0n) is 11.2. The summed E-state index contributed by atoms with van der Waals surface area (Å²) in [5.41, 5.74) is 0.935. The number of benzene rings is 1. The normalized spacial score (nSPS) is 14.7. The number of methoxy groups -OCH3 is 1. The van der Waals surface area contributed by atoms with Gasteiger partial charge in [-0.05, 0) is 37.7 Å². The van der Waals surface area contributed by atoms with Crippen molar-refractivity contribution in [2.45, 2.75) is 32.9 Å². The number of hydrogen-bond donors (Lipinski definition) is 1. The SMILES string of the molecule is CCN(CC)[C@H](C)[C@H](O)c1ccc(OC)cc1. The van der Waals surface area contributed by atoms with Crippen LogP contribution in [-0.4, -0.2) is 36.2 Å². The Morgan fingerprint density at radius 3 is 2.12 bits per heavy atom. The fraction of sp³-hybridized carbons (Fsp3) is 0.571. The predicted octanol–water partition coefficient (Wildman–Crippen LogP) is 2.46. The second kappa shape index (κ2) is 6.62. The fourth-order valence-corrected chi connectivity index (χ4v) is 2.08. The molecule has 3 nitrogen and oxygen atoms in total. The molecule has 0 fully saturated rings. The average Bonchev–Trinajstić information content (AvgIpc) is 2.39. The van der Waals surface area contributed by atoms with Crippen LogP contribution in [0.15, 0.2) is 24.3 Å². The van der Waals surface area contributed by atoms with Crippen LogP contribution in [0.4, 0.5) is 0 Å². The lowest BCUT2D eigenvalue weighted by Gasteiger charge is -2.30. The minimum absolute atomic E-state index is 0.124. The van der Waals surface area contributed by atoms with E-state index in [0.717, 1.165) is 24.4 Å². The van der Waals surface area contributed by atoms with Gasteiger partial charge in [0.15, 0.2) is 0 Å². The lowest BCUT2D eigenvalue weighted by molar-refractivity contribution is 0.0638. The summed E-state index contributed by atoms with van der Waals surface area (Å²) in [6.45, 7) is 8.18. The molecular weight excluding hydrogens is 214 g/mol. The Labute approximate surface area is 104 Å². The molecular formula is C14H23NO2. The Bertz CT molecular complexity index is 319. The van der Waals surface area contributed by atoms with Crippen LogP contribution in [-0.2, 0) is 0 Å². The Balaban J connectivity index is 2.76. The number of hydrogen-bond acceptors (Lipinski definition) is 3. The number of rotatable bonds is 6. The molecule has 0 heterocycles. The van der Waals surface area contributed by atoms with E-state index in [0.29, 0.717) is 0 Å². The zero-order chi connectivity index (χ0) is 12.8. The molecule has 1 N–H and O–H groups in total. The second-order valence-electron chi connectivity index (χ2n) is 4.18. The Morgan fingerprint density at radius 2 is 1.71 bits per heavy atom. The van der Waals surface area contributed by atoms with E-state index in [2.05, 4.69) is 25.7 Å². The molecule has 17 heavy (non-hydrogen) atoms. The largest absolute Gasteiger partial charge is 0.497 e. The number of likely N-dealkylation sites (N-methyl/N-ethyl adjacent to an activating group) is 1. The molecule has 0 unspecified atom stereocenters. The van der Waals surface area contributed by atoms with Crippen LogP contribution >= 0.6 is 0 Å². The summed E-state index contributed by atoms with van der Waals surface area (Å²) >= 11 is 0. The molecule has 0 aromatic heterocycles. The number of aliphatic hydroxyl groups excluding tert-OH is 1. The van der Waals surface area contributed by atoms with Crippen molar-refractivity contribution in [2.75, 3.05) is 20.2 Å². The fourth-order valence-electron chi connectivity index (χ4n) is 2.08. The molecule has 2 atom stereocenters. The van der Waals surface area contributed by atoms with Gasteiger partial charge in [-0.15, -0.1) is 0 Å². The average molecular weight is 237 g/mol. The van der Waals surface area contributed by atoms with Crippen LogP contribution in [0.3, 0.4) is 0 Å². The van der Waals surface area contributed by atoms with Gasteiger partial charge in [0, 0.05) is 6.04 Å². The summed E-state index contributed by atoms with van der Waals surface area (Å²) in [7, 11) is 1.64. The number of ether oxygens (including phenoxy) is 1. The molecule has 0 radical (unpaired) electrons. The molecule has 0 saturated heterocycles. The van der Waals surface area contributed by atoms with E-state index < -0.39 is 6.10 Å². The Hall–Kier alpha value is -1.06. The lowest BCUT2D eigenvalue weighted by atomic mass is 10.0. The molecule has 3 heteroatoms. The molecule has 0 spiro atoms. The third-order valence-electron chi connectivity index (χ3n) is 3.30. The van der Waals surface area contributed by atoms with Crippen molar-refractivity contribution in [1.82, 2.24) is 4.90 Å². The highest BCUT2D eigenvalue weighted by atomic mass is 16.5. The van der Waals surface area contributed by atoms with Crippen LogP contribution in [0, 0.1) is 0 Å². The van der Waals surface area contributed by atoms with Crippen molar-refractivity contribution in [1.29, 1.82) is 0 Å². The lowest BCUT2D eigenvalue weighted by Crippen LogP contribution is -2.37. The molecule has 96 valence electrons. The van der Waals surface area contributed by atoms with Gasteiger partial charge in [0.1, 0.15) is 5.75 Å². The van der Waals surface area contributed by atoms with Gasteiger partial charge < -0.3 is 9.84 Å². The maximum Gasteiger partial charge on any atom is 0.118 e. The van der Waals surface area contributed by atoms with Gasteiger partial charge in [-0.3, -0.25) is 4.90 Å². The molecule has 0 aliphatic rings. The van der Waals surface area contributed by atoms with Crippen molar-refractivity contribution >= 4 is 0 Å². The van der Waals surface area contributed by atoms with E-state index in [-0.39, 0.29) is 6.04 Å². The van der Waals surface area contributed by atoms with Gasteiger partial charge in [-0.25, -0.2) is 0 Å². The molecule has 1 rings (SSSR count). The summed E-state index contributed by atoms with van der Waals surface area (Å²) in [5.74, 6) is 0.816. The summed E-state index contributed by atoms with van der Waals surface area (Å²) in [6.07, 6.45) is -0.458. The first-order valence-corrected chi connectivity index (χ1v) is 6.20. The van der Waals surface area contributed by atoms with E-state index in [1.807, 2.05) is 24.3 Å². The van der Waals surface area contributed by atoms with Gasteiger partial charge in [0.2, 0.25) is 0 Å². The summed E-state index contributed by atoms with van der Waals surface area (Å²) < 4.78 is 5.11. The maximum atomic E-state index is 10.3. The molecule has 0 bridgehead atoms. The molecule has 0 saturated carbocycles. The topological polar surface area (TPSA) is 32.7 Å². The zero-order valence-corrected chi connectivity index (χ0v) is 11.2. The first-order valence-electron chi connectivity index (χ1n) is 6.20. The summed E-state index contributed by atoms with van der Waals surface area (Å²) in [4.78, 5) is 2.24. The summed E-state index contributed by atoms with van der Waals surface area (Å²) in [5, 5.41) is 10.3. The molecule has 0 aliphatic heterocycles. The highest BCUT2D eigenvalue weighted by molar-refractivity contribution is 5.29. The maximum absolute atomic E-state index is 10.3. The van der Waals surface area contributed by atoms with E-state index >= 15 is 0 Å². The van der Waals surface area contributed by atoms with Crippen molar-refractivity contribution in [3.8, 4) is 5.75 Å². The second-order valence-corrected chi connectivity index (χ2v) is 4.18. The molecule has 1 aromatic rings. The molecule has 0 amide bonds. The van der Waals surface area contributed by atoms with E-state index in [1.54, 1.807) is 7.11 Å². The van der Waals surface area contributed by atoms with Crippen LogP contribution in [0.5, 0.6) is 5.75 Å². The van der Waals surface area contributed by atoms with E-state index in [9.17, 15) is 5.11 Å². The van der Waals surface area contributed by atoms with E-state index in [1.165, 1.54) is 0 Å². The van der Waals surface area contributed by atoms with Gasteiger partial charge in [-0.1, -0.05) is 26.0 Å². The predicted molar refractivity (Wildman–Crippen MR) is 70.3 cm³/mol. The van der Waals surface area contributed by atoms with Gasteiger partial charge >= 0.3 is 0 Å². The Morgan fingerprint density at radius 1 is 1.18 bits per heavy atom.